The van der Waals surface area contributed by atoms with Crippen LogP contribution in [0.15, 0.2) is 35.3 Å². The molecule has 2 saturated heterocycles. The minimum atomic E-state index is -3.24. The molecule has 8 heteroatoms. The van der Waals surface area contributed by atoms with Gasteiger partial charge in [-0.25, -0.2) is 8.42 Å². The van der Waals surface area contributed by atoms with Crippen molar-refractivity contribution >= 4 is 16.0 Å². The molecule has 27 heavy (non-hydrogen) atoms. The summed E-state index contributed by atoms with van der Waals surface area (Å²) in [6, 6.07) is 10.6. The van der Waals surface area contributed by atoms with E-state index in [9.17, 15) is 8.42 Å². The maximum atomic E-state index is 12.4. The van der Waals surface area contributed by atoms with Gasteiger partial charge < -0.3 is 15.0 Å². The van der Waals surface area contributed by atoms with Crippen LogP contribution in [0.4, 0.5) is 0 Å². The number of benzene rings is 1. The summed E-state index contributed by atoms with van der Waals surface area (Å²) in [5.74, 6) is 1.47. The van der Waals surface area contributed by atoms with Gasteiger partial charge in [0.1, 0.15) is 0 Å². The number of likely N-dealkylation sites (tertiary alicyclic amines) is 1. The highest BCUT2D eigenvalue weighted by molar-refractivity contribution is 7.89. The van der Waals surface area contributed by atoms with Gasteiger partial charge in [-0.05, 0) is 24.3 Å². The summed E-state index contributed by atoms with van der Waals surface area (Å²) < 4.78 is 31.6. The lowest BCUT2D eigenvalue weighted by molar-refractivity contribution is 0.0730. The van der Waals surface area contributed by atoms with Gasteiger partial charge in [-0.1, -0.05) is 30.3 Å². The molecule has 2 fully saturated rings. The average Bonchev–Trinajstić information content (AvgIpc) is 3.15. The summed E-state index contributed by atoms with van der Waals surface area (Å²) >= 11 is 0. The third-order valence-electron chi connectivity index (χ3n) is 5.17. The first kappa shape index (κ1) is 20.1. The van der Waals surface area contributed by atoms with E-state index in [0.717, 1.165) is 31.9 Å². The molecule has 1 aromatic carbocycles. The maximum Gasteiger partial charge on any atom is 0.215 e. The number of morpholine rings is 1. The van der Waals surface area contributed by atoms with Gasteiger partial charge in [0.25, 0.3) is 0 Å². The molecule has 0 saturated carbocycles. The summed E-state index contributed by atoms with van der Waals surface area (Å²) in [7, 11) is -1.49. The van der Waals surface area contributed by atoms with Crippen molar-refractivity contribution in [3.05, 3.63) is 35.9 Å². The van der Waals surface area contributed by atoms with Gasteiger partial charge >= 0.3 is 0 Å². The minimum absolute atomic E-state index is 0.0767. The second-order valence-corrected chi connectivity index (χ2v) is 9.18. The Morgan fingerprint density at radius 2 is 1.96 bits per heavy atom. The summed E-state index contributed by atoms with van der Waals surface area (Å²) in [6.07, 6.45) is 2.20. The zero-order valence-corrected chi connectivity index (χ0v) is 16.8. The third kappa shape index (κ3) is 5.67. The van der Waals surface area contributed by atoms with Crippen LogP contribution in [0.1, 0.15) is 12.0 Å². The van der Waals surface area contributed by atoms with Crippen LogP contribution in [0.3, 0.4) is 0 Å². The van der Waals surface area contributed by atoms with Crippen molar-refractivity contribution < 1.29 is 13.2 Å². The highest BCUT2D eigenvalue weighted by Crippen LogP contribution is 2.20. The smallest absolute Gasteiger partial charge is 0.215 e. The summed E-state index contributed by atoms with van der Waals surface area (Å²) in [4.78, 5) is 6.58. The second-order valence-electron chi connectivity index (χ2n) is 7.09. The standard InChI is InChI=1S/C19H30N4O3S/c1-20-19(21-8-14-27(24,25)23-10-12-26-13-11-23)22-9-7-18(16-22)15-17-5-3-2-4-6-17/h2-6,18H,7-16H2,1H3,(H,20,21). The van der Waals surface area contributed by atoms with Crippen molar-refractivity contribution in [2.45, 2.75) is 12.8 Å². The van der Waals surface area contributed by atoms with Crippen LogP contribution >= 0.6 is 0 Å². The van der Waals surface area contributed by atoms with Gasteiger partial charge in [0.15, 0.2) is 5.96 Å². The molecule has 0 amide bonds. The Kier molecular flexibility index (Phi) is 7.09. The topological polar surface area (TPSA) is 74.2 Å². The van der Waals surface area contributed by atoms with Gasteiger partial charge in [-0.3, -0.25) is 4.99 Å². The third-order valence-corrected chi connectivity index (χ3v) is 7.04. The van der Waals surface area contributed by atoms with Crippen molar-refractivity contribution in [2.24, 2.45) is 10.9 Å². The van der Waals surface area contributed by atoms with Crippen molar-refractivity contribution in [3.63, 3.8) is 0 Å². The highest BCUT2D eigenvalue weighted by Gasteiger charge is 2.26. The van der Waals surface area contributed by atoms with Crippen LogP contribution in [-0.4, -0.2) is 82.3 Å². The van der Waals surface area contributed by atoms with Gasteiger partial charge in [0, 0.05) is 39.8 Å². The van der Waals surface area contributed by atoms with E-state index in [2.05, 4.69) is 39.5 Å². The van der Waals surface area contributed by atoms with E-state index in [4.69, 9.17) is 4.74 Å². The predicted octanol–water partition coefficient (Wildman–Crippen LogP) is 0.788. The molecule has 7 nitrogen and oxygen atoms in total. The second kappa shape index (κ2) is 9.52. The van der Waals surface area contributed by atoms with Crippen LogP contribution in [0.5, 0.6) is 0 Å². The van der Waals surface area contributed by atoms with E-state index in [0.29, 0.717) is 38.8 Å². The van der Waals surface area contributed by atoms with Crippen molar-refractivity contribution in [3.8, 4) is 0 Å². The molecule has 150 valence electrons. The van der Waals surface area contributed by atoms with Gasteiger partial charge in [0.2, 0.25) is 10.0 Å². The number of aliphatic imine (C=N–C) groups is 1. The first-order valence-electron chi connectivity index (χ1n) is 9.63. The van der Waals surface area contributed by atoms with Crippen molar-refractivity contribution in [2.75, 3.05) is 58.7 Å². The van der Waals surface area contributed by atoms with Crippen molar-refractivity contribution in [1.29, 1.82) is 0 Å². The normalized spacial score (nSPS) is 22.2. The molecule has 1 aromatic rings. The molecule has 2 heterocycles. The Labute approximate surface area is 162 Å². The molecule has 0 radical (unpaired) electrons. The van der Waals surface area contributed by atoms with E-state index in [1.165, 1.54) is 9.87 Å². The van der Waals surface area contributed by atoms with E-state index < -0.39 is 10.0 Å². The molecule has 1 atom stereocenters. The molecule has 0 spiro atoms. The molecule has 1 unspecified atom stereocenters. The van der Waals surface area contributed by atoms with E-state index in [1.807, 2.05) is 6.07 Å². The molecule has 2 aliphatic heterocycles. The summed E-state index contributed by atoms with van der Waals surface area (Å²) in [5, 5.41) is 3.23. The summed E-state index contributed by atoms with van der Waals surface area (Å²) in [5.41, 5.74) is 1.36. The first-order chi connectivity index (χ1) is 13.1. The lowest BCUT2D eigenvalue weighted by Gasteiger charge is -2.26. The van der Waals surface area contributed by atoms with Gasteiger partial charge in [-0.2, -0.15) is 4.31 Å². The fraction of sp³-hybridized carbons (Fsp3) is 0.632. The lowest BCUT2D eigenvalue weighted by atomic mass is 9.99. The zero-order chi connectivity index (χ0) is 19.1. The number of nitrogens with zero attached hydrogens (tertiary/aromatic N) is 3. The quantitative estimate of drug-likeness (QED) is 0.570. The molecule has 0 aromatic heterocycles. The number of ether oxygens (including phenoxy) is 1. The monoisotopic (exact) mass is 394 g/mol. The predicted molar refractivity (Wildman–Crippen MR) is 107 cm³/mol. The molecule has 0 aliphatic carbocycles. The molecule has 0 bridgehead atoms. The van der Waals surface area contributed by atoms with E-state index in [1.54, 1.807) is 7.05 Å². The lowest BCUT2D eigenvalue weighted by Crippen LogP contribution is -2.46. The fourth-order valence-corrected chi connectivity index (χ4v) is 5.04. The number of hydrogen-bond acceptors (Lipinski definition) is 4. The number of hydrogen-bond donors (Lipinski definition) is 1. The van der Waals surface area contributed by atoms with Gasteiger partial charge in [0.05, 0.1) is 19.0 Å². The Bertz CT molecular complexity index is 718. The molecule has 2 aliphatic rings. The molecule has 1 N–H and O–H groups in total. The SMILES string of the molecule is CN=C(NCCS(=O)(=O)N1CCOCC1)N1CCC(Cc2ccccc2)C1. The number of guanidine groups is 1. The van der Waals surface area contributed by atoms with E-state index >= 15 is 0 Å². The van der Waals surface area contributed by atoms with Crippen LogP contribution in [0, 0.1) is 5.92 Å². The first-order valence-corrected chi connectivity index (χ1v) is 11.2. The average molecular weight is 395 g/mol. The molecular weight excluding hydrogens is 364 g/mol. The Morgan fingerprint density at radius 1 is 1.22 bits per heavy atom. The summed E-state index contributed by atoms with van der Waals surface area (Å²) in [6.45, 7) is 4.12. The van der Waals surface area contributed by atoms with Crippen LogP contribution in [0.25, 0.3) is 0 Å². The Hall–Kier alpha value is -1.64. The molecule has 3 rings (SSSR count). The maximum absolute atomic E-state index is 12.4. The van der Waals surface area contributed by atoms with E-state index in [-0.39, 0.29) is 5.75 Å². The largest absolute Gasteiger partial charge is 0.379 e. The number of nitrogens with one attached hydrogen (secondary N) is 1. The van der Waals surface area contributed by atoms with Crippen molar-refractivity contribution in [1.82, 2.24) is 14.5 Å². The fourth-order valence-electron chi connectivity index (χ4n) is 3.72. The molecular formula is C19H30N4O3S. The van der Waals surface area contributed by atoms with Crippen LogP contribution in [0.2, 0.25) is 0 Å². The highest BCUT2D eigenvalue weighted by atomic mass is 32.2. The zero-order valence-electron chi connectivity index (χ0n) is 16.0. The van der Waals surface area contributed by atoms with Crippen LogP contribution < -0.4 is 5.32 Å². The Balaban J connectivity index is 1.45. The minimum Gasteiger partial charge on any atom is -0.379 e. The van der Waals surface area contributed by atoms with Gasteiger partial charge in [-0.15, -0.1) is 0 Å². The van der Waals surface area contributed by atoms with Crippen LogP contribution in [-0.2, 0) is 21.2 Å². The number of sulfonamides is 1. The number of rotatable bonds is 6. The Morgan fingerprint density at radius 3 is 2.67 bits per heavy atom.